The van der Waals surface area contributed by atoms with E-state index in [1.165, 1.54) is 0 Å². The third kappa shape index (κ3) is 2.07. The summed E-state index contributed by atoms with van der Waals surface area (Å²) in [6.07, 6.45) is 1.39. The summed E-state index contributed by atoms with van der Waals surface area (Å²) in [6, 6.07) is 0. The van der Waals surface area contributed by atoms with Crippen LogP contribution in [0.15, 0.2) is 0 Å². The average Bonchev–Trinajstić information content (AvgIpc) is 2.63. The van der Waals surface area contributed by atoms with Gasteiger partial charge in [-0.15, -0.1) is 0 Å². The van der Waals surface area contributed by atoms with E-state index in [1.54, 1.807) is 7.11 Å². The van der Waals surface area contributed by atoms with Crippen molar-refractivity contribution in [3.05, 3.63) is 0 Å². The highest BCUT2D eigenvalue weighted by Gasteiger charge is 2.46. The Labute approximate surface area is 84.2 Å². The fourth-order valence-corrected chi connectivity index (χ4v) is 1.92. The van der Waals surface area contributed by atoms with Gasteiger partial charge in [0.05, 0.1) is 12.0 Å². The van der Waals surface area contributed by atoms with Gasteiger partial charge < -0.3 is 14.6 Å². The summed E-state index contributed by atoms with van der Waals surface area (Å²) in [5.41, 5.74) is -0.682. The Morgan fingerprint density at radius 1 is 1.71 bits per heavy atom. The Hall–Kier alpha value is -0.610. The van der Waals surface area contributed by atoms with Crippen LogP contribution in [-0.4, -0.2) is 38.0 Å². The number of carbonyl (C=O) groups is 1. The lowest BCUT2D eigenvalue weighted by atomic mass is 9.74. The lowest BCUT2D eigenvalue weighted by molar-refractivity contribution is -0.152. The van der Waals surface area contributed by atoms with Gasteiger partial charge in [-0.2, -0.15) is 0 Å². The minimum atomic E-state index is -0.737. The number of hydrogen-bond donors (Lipinski definition) is 1. The van der Waals surface area contributed by atoms with E-state index in [4.69, 9.17) is 9.47 Å². The molecule has 1 N–H and O–H groups in total. The van der Waals surface area contributed by atoms with E-state index in [1.807, 2.05) is 6.92 Å². The molecule has 1 saturated heterocycles. The first-order valence-corrected chi connectivity index (χ1v) is 4.93. The Bertz CT molecular complexity index is 196. The molecule has 2 unspecified atom stereocenters. The van der Waals surface area contributed by atoms with E-state index in [0.29, 0.717) is 26.2 Å². The molecule has 1 aliphatic rings. The first-order chi connectivity index (χ1) is 6.63. The van der Waals surface area contributed by atoms with Crippen molar-refractivity contribution in [2.24, 2.45) is 11.3 Å². The van der Waals surface area contributed by atoms with Crippen molar-refractivity contribution in [3.8, 4) is 0 Å². The van der Waals surface area contributed by atoms with Crippen LogP contribution in [-0.2, 0) is 14.3 Å². The van der Waals surface area contributed by atoms with Gasteiger partial charge >= 0.3 is 5.97 Å². The third-order valence-corrected chi connectivity index (χ3v) is 3.18. The molecule has 0 amide bonds. The second kappa shape index (κ2) is 4.75. The maximum Gasteiger partial charge on any atom is 0.312 e. The van der Waals surface area contributed by atoms with Gasteiger partial charge in [-0.25, -0.2) is 0 Å². The molecule has 0 aliphatic carbocycles. The van der Waals surface area contributed by atoms with Crippen molar-refractivity contribution >= 4 is 5.97 Å². The molecule has 82 valence electrons. The number of carboxylic acids is 1. The van der Waals surface area contributed by atoms with Gasteiger partial charge in [-0.05, 0) is 18.8 Å². The van der Waals surface area contributed by atoms with E-state index in [9.17, 15) is 9.90 Å². The predicted octanol–water partition coefficient (Wildman–Crippen LogP) is 1.15. The van der Waals surface area contributed by atoms with Gasteiger partial charge in [0.1, 0.15) is 0 Å². The van der Waals surface area contributed by atoms with Crippen molar-refractivity contribution in [2.45, 2.75) is 19.8 Å². The molecule has 1 heterocycles. The van der Waals surface area contributed by atoms with Crippen molar-refractivity contribution < 1.29 is 19.4 Å². The molecule has 1 rings (SSSR count). The van der Waals surface area contributed by atoms with Gasteiger partial charge in [0.2, 0.25) is 0 Å². The van der Waals surface area contributed by atoms with E-state index in [-0.39, 0.29) is 5.92 Å². The van der Waals surface area contributed by atoms with Crippen LogP contribution in [0.3, 0.4) is 0 Å². The molecule has 0 aromatic carbocycles. The van der Waals surface area contributed by atoms with E-state index in [0.717, 1.165) is 6.42 Å². The molecule has 2 atom stereocenters. The lowest BCUT2D eigenvalue weighted by Crippen LogP contribution is -2.38. The molecule has 1 aliphatic heterocycles. The smallest absolute Gasteiger partial charge is 0.312 e. The van der Waals surface area contributed by atoms with Gasteiger partial charge in [-0.1, -0.05) is 6.92 Å². The molecule has 0 bridgehead atoms. The fraction of sp³-hybridized carbons (Fsp3) is 0.900. The van der Waals surface area contributed by atoms with Crippen LogP contribution in [0.4, 0.5) is 0 Å². The number of ether oxygens (including phenoxy) is 2. The number of methoxy groups -OCH3 is 1. The minimum absolute atomic E-state index is 0.0995. The highest BCUT2D eigenvalue weighted by Crippen LogP contribution is 2.38. The van der Waals surface area contributed by atoms with E-state index < -0.39 is 11.4 Å². The summed E-state index contributed by atoms with van der Waals surface area (Å²) in [5.74, 6) is -0.638. The molecule has 4 nitrogen and oxygen atoms in total. The summed E-state index contributed by atoms with van der Waals surface area (Å²) >= 11 is 0. The monoisotopic (exact) mass is 202 g/mol. The lowest BCUT2D eigenvalue weighted by Gasteiger charge is -2.29. The zero-order chi connectivity index (χ0) is 10.6. The summed E-state index contributed by atoms with van der Waals surface area (Å²) in [7, 11) is 1.63. The summed E-state index contributed by atoms with van der Waals surface area (Å²) < 4.78 is 10.2. The van der Waals surface area contributed by atoms with Crippen molar-refractivity contribution in [1.29, 1.82) is 0 Å². The quantitative estimate of drug-likeness (QED) is 0.726. The summed E-state index contributed by atoms with van der Waals surface area (Å²) in [4.78, 5) is 11.2. The van der Waals surface area contributed by atoms with Crippen molar-refractivity contribution in [1.82, 2.24) is 0 Å². The molecule has 0 spiro atoms. The van der Waals surface area contributed by atoms with Crippen molar-refractivity contribution in [3.63, 3.8) is 0 Å². The maximum absolute atomic E-state index is 11.2. The second-order valence-electron chi connectivity index (χ2n) is 3.95. The third-order valence-electron chi connectivity index (χ3n) is 3.18. The Balaban J connectivity index is 2.62. The molecule has 0 aromatic heterocycles. The highest BCUT2D eigenvalue weighted by atomic mass is 16.5. The SMILES string of the molecule is COCCC(C)C1(C(=O)O)CCOC1. The topological polar surface area (TPSA) is 55.8 Å². The first kappa shape index (κ1) is 11.5. The Kier molecular flexibility index (Phi) is 3.89. The number of hydrogen-bond acceptors (Lipinski definition) is 3. The van der Waals surface area contributed by atoms with Gasteiger partial charge in [0, 0.05) is 20.3 Å². The summed E-state index contributed by atoms with van der Waals surface area (Å²) in [6.45, 7) is 3.47. The highest BCUT2D eigenvalue weighted by molar-refractivity contribution is 5.75. The van der Waals surface area contributed by atoms with E-state index >= 15 is 0 Å². The maximum atomic E-state index is 11.2. The number of aliphatic carboxylic acids is 1. The Morgan fingerprint density at radius 2 is 2.43 bits per heavy atom. The molecule has 1 fully saturated rings. The second-order valence-corrected chi connectivity index (χ2v) is 3.95. The predicted molar refractivity (Wildman–Crippen MR) is 51.2 cm³/mol. The Morgan fingerprint density at radius 3 is 2.86 bits per heavy atom. The van der Waals surface area contributed by atoms with Crippen molar-refractivity contribution in [2.75, 3.05) is 26.9 Å². The van der Waals surface area contributed by atoms with Crippen LogP contribution in [0.5, 0.6) is 0 Å². The van der Waals surface area contributed by atoms with Crippen LogP contribution < -0.4 is 0 Å². The molecule has 4 heteroatoms. The fourth-order valence-electron chi connectivity index (χ4n) is 1.92. The van der Waals surface area contributed by atoms with Crippen LogP contribution >= 0.6 is 0 Å². The molecule has 14 heavy (non-hydrogen) atoms. The minimum Gasteiger partial charge on any atom is -0.481 e. The standard InChI is InChI=1S/C10H18O4/c1-8(3-5-13-2)10(9(11)12)4-6-14-7-10/h8H,3-7H2,1-2H3,(H,11,12). The molecular weight excluding hydrogens is 184 g/mol. The van der Waals surface area contributed by atoms with Crippen LogP contribution in [0.25, 0.3) is 0 Å². The van der Waals surface area contributed by atoms with Crippen LogP contribution in [0, 0.1) is 11.3 Å². The largest absolute Gasteiger partial charge is 0.481 e. The molecule has 0 saturated carbocycles. The van der Waals surface area contributed by atoms with Gasteiger partial charge in [0.15, 0.2) is 0 Å². The number of carboxylic acid groups (broad SMARTS) is 1. The number of rotatable bonds is 5. The molecule has 0 radical (unpaired) electrons. The molecular formula is C10H18O4. The molecule has 0 aromatic rings. The average molecular weight is 202 g/mol. The summed E-state index contributed by atoms with van der Waals surface area (Å²) in [5, 5.41) is 9.21. The van der Waals surface area contributed by atoms with Crippen LogP contribution in [0.1, 0.15) is 19.8 Å². The first-order valence-electron chi connectivity index (χ1n) is 4.93. The zero-order valence-electron chi connectivity index (χ0n) is 8.78. The van der Waals surface area contributed by atoms with E-state index in [2.05, 4.69) is 0 Å². The van der Waals surface area contributed by atoms with Crippen LogP contribution in [0.2, 0.25) is 0 Å². The normalized spacial score (nSPS) is 29.0. The van der Waals surface area contributed by atoms with Gasteiger partial charge in [-0.3, -0.25) is 4.79 Å². The zero-order valence-corrected chi connectivity index (χ0v) is 8.78. The van der Waals surface area contributed by atoms with Gasteiger partial charge in [0.25, 0.3) is 0 Å².